The summed E-state index contributed by atoms with van der Waals surface area (Å²) in [7, 11) is 0. The van der Waals surface area contributed by atoms with Gasteiger partial charge in [0.15, 0.2) is 0 Å². The van der Waals surface area contributed by atoms with Crippen molar-refractivity contribution >= 4 is 12.2 Å². The van der Waals surface area contributed by atoms with Gasteiger partial charge in [-0.3, -0.25) is 9.80 Å². The molecule has 0 bridgehead atoms. The molecule has 0 aromatic carbocycles. The van der Waals surface area contributed by atoms with Gasteiger partial charge in [0.2, 0.25) is 0 Å². The Balaban J connectivity index is 1.62. The van der Waals surface area contributed by atoms with Crippen LogP contribution >= 0.6 is 0 Å². The minimum Gasteiger partial charge on any atom is -0.465 e. The Hall–Kier alpha value is -1.54. The molecule has 8 heteroatoms. The molecule has 2 rings (SSSR count). The van der Waals surface area contributed by atoms with E-state index in [1.165, 1.54) is 9.80 Å². The average molecular weight is 286 g/mol. The largest absolute Gasteiger partial charge is 0.465 e. The van der Waals surface area contributed by atoms with Gasteiger partial charge in [-0.05, 0) is 0 Å². The quantitative estimate of drug-likeness (QED) is 0.732. The molecule has 0 atom stereocenters. The Bertz CT molecular complexity index is 315. The lowest BCUT2D eigenvalue weighted by Gasteiger charge is -2.36. The Morgan fingerprint density at radius 1 is 0.650 bits per heavy atom. The average Bonchev–Trinajstić information content (AvgIpc) is 2.46. The van der Waals surface area contributed by atoms with Gasteiger partial charge >= 0.3 is 12.2 Å². The summed E-state index contributed by atoms with van der Waals surface area (Å²) < 4.78 is 0. The number of piperazine rings is 2. The molecule has 2 amide bonds. The lowest BCUT2D eigenvalue weighted by Crippen LogP contribution is -2.52. The van der Waals surface area contributed by atoms with Gasteiger partial charge in [0.25, 0.3) is 0 Å². The summed E-state index contributed by atoms with van der Waals surface area (Å²) in [6.07, 6.45) is -1.68. The van der Waals surface area contributed by atoms with Gasteiger partial charge in [0.05, 0.1) is 0 Å². The van der Waals surface area contributed by atoms with Crippen LogP contribution in [0.3, 0.4) is 0 Å². The van der Waals surface area contributed by atoms with Gasteiger partial charge in [0.1, 0.15) is 0 Å². The second kappa shape index (κ2) is 6.76. The number of carbonyl (C=O) groups is 2. The molecule has 0 aromatic rings. The maximum Gasteiger partial charge on any atom is 0.407 e. The highest BCUT2D eigenvalue weighted by Crippen LogP contribution is 2.05. The molecule has 0 aromatic heterocycles. The van der Waals surface area contributed by atoms with Gasteiger partial charge in [-0.2, -0.15) is 0 Å². The molecule has 0 saturated carbocycles. The highest BCUT2D eigenvalue weighted by atomic mass is 16.4. The van der Waals surface area contributed by atoms with Crippen molar-refractivity contribution in [3.05, 3.63) is 0 Å². The van der Waals surface area contributed by atoms with E-state index >= 15 is 0 Å². The van der Waals surface area contributed by atoms with E-state index in [9.17, 15) is 9.59 Å². The van der Waals surface area contributed by atoms with E-state index in [4.69, 9.17) is 10.2 Å². The molecular weight excluding hydrogens is 264 g/mol. The Morgan fingerprint density at radius 3 is 1.20 bits per heavy atom. The van der Waals surface area contributed by atoms with Gasteiger partial charge in [-0.25, -0.2) is 9.59 Å². The summed E-state index contributed by atoms with van der Waals surface area (Å²) in [4.78, 5) is 29.0. The van der Waals surface area contributed by atoms with E-state index in [0.717, 1.165) is 39.3 Å². The summed E-state index contributed by atoms with van der Waals surface area (Å²) in [5.74, 6) is 0. The zero-order valence-corrected chi connectivity index (χ0v) is 11.6. The van der Waals surface area contributed by atoms with Crippen molar-refractivity contribution in [3.63, 3.8) is 0 Å². The van der Waals surface area contributed by atoms with Crippen molar-refractivity contribution in [2.24, 2.45) is 0 Å². The molecule has 0 aliphatic carbocycles. The topological polar surface area (TPSA) is 87.6 Å². The summed E-state index contributed by atoms with van der Waals surface area (Å²) in [5, 5.41) is 17.7. The van der Waals surface area contributed by atoms with Crippen LogP contribution in [0, 0.1) is 0 Å². The molecule has 2 saturated heterocycles. The lowest BCUT2D eigenvalue weighted by molar-refractivity contribution is 0.0834. The van der Waals surface area contributed by atoms with Crippen LogP contribution in [0.2, 0.25) is 0 Å². The van der Waals surface area contributed by atoms with Crippen molar-refractivity contribution in [1.82, 2.24) is 19.6 Å². The monoisotopic (exact) mass is 286 g/mol. The molecule has 2 fully saturated rings. The number of rotatable bonds is 3. The predicted molar refractivity (Wildman–Crippen MR) is 72.1 cm³/mol. The molecular formula is C12H22N4O4. The number of carboxylic acid groups (broad SMARTS) is 2. The number of amides is 2. The minimum atomic E-state index is -0.838. The van der Waals surface area contributed by atoms with Crippen LogP contribution in [-0.4, -0.2) is 107 Å². The van der Waals surface area contributed by atoms with Crippen LogP contribution in [0.25, 0.3) is 0 Å². The van der Waals surface area contributed by atoms with Crippen molar-refractivity contribution in [3.8, 4) is 0 Å². The first-order valence-corrected chi connectivity index (χ1v) is 6.96. The molecule has 2 aliphatic rings. The Morgan fingerprint density at radius 2 is 0.950 bits per heavy atom. The first kappa shape index (κ1) is 14.9. The fraction of sp³-hybridized carbons (Fsp3) is 0.833. The number of hydrogen-bond donors (Lipinski definition) is 2. The fourth-order valence-corrected chi connectivity index (χ4v) is 2.61. The van der Waals surface area contributed by atoms with Crippen LogP contribution in [0.4, 0.5) is 9.59 Å². The van der Waals surface area contributed by atoms with Gasteiger partial charge in [-0.15, -0.1) is 0 Å². The highest BCUT2D eigenvalue weighted by Gasteiger charge is 2.23. The van der Waals surface area contributed by atoms with Crippen molar-refractivity contribution in [2.75, 3.05) is 65.4 Å². The van der Waals surface area contributed by atoms with E-state index < -0.39 is 12.2 Å². The van der Waals surface area contributed by atoms with Crippen molar-refractivity contribution < 1.29 is 19.8 Å². The van der Waals surface area contributed by atoms with Crippen molar-refractivity contribution in [2.45, 2.75) is 0 Å². The fourth-order valence-electron chi connectivity index (χ4n) is 2.61. The van der Waals surface area contributed by atoms with E-state index in [2.05, 4.69) is 9.80 Å². The third-order valence-corrected chi connectivity index (χ3v) is 4.02. The first-order valence-electron chi connectivity index (χ1n) is 6.96. The molecule has 20 heavy (non-hydrogen) atoms. The standard InChI is InChI=1S/C12H22N4O4/c17-11(18)15-7-3-13(4-8-15)1-2-14-5-9-16(10-6-14)12(19)20/h1-10H2,(H,17,18)(H,19,20). The second-order valence-electron chi connectivity index (χ2n) is 5.22. The third-order valence-electron chi connectivity index (χ3n) is 4.02. The molecule has 2 heterocycles. The van der Waals surface area contributed by atoms with E-state index in [1.54, 1.807) is 0 Å². The highest BCUT2D eigenvalue weighted by molar-refractivity contribution is 5.65. The van der Waals surface area contributed by atoms with Crippen LogP contribution in [0.5, 0.6) is 0 Å². The van der Waals surface area contributed by atoms with Crippen LogP contribution < -0.4 is 0 Å². The van der Waals surface area contributed by atoms with Gasteiger partial charge in [0, 0.05) is 65.4 Å². The van der Waals surface area contributed by atoms with Crippen molar-refractivity contribution in [1.29, 1.82) is 0 Å². The van der Waals surface area contributed by atoms with Gasteiger partial charge < -0.3 is 20.0 Å². The summed E-state index contributed by atoms with van der Waals surface area (Å²) in [6.45, 7) is 7.24. The minimum absolute atomic E-state index is 0.572. The normalized spacial score (nSPS) is 22.0. The lowest BCUT2D eigenvalue weighted by atomic mass is 10.3. The molecule has 2 N–H and O–H groups in total. The smallest absolute Gasteiger partial charge is 0.407 e. The SMILES string of the molecule is O=C(O)N1CCN(CCN2CCN(C(=O)O)CC2)CC1. The van der Waals surface area contributed by atoms with E-state index in [-0.39, 0.29) is 0 Å². The molecule has 0 spiro atoms. The molecule has 114 valence electrons. The van der Waals surface area contributed by atoms with Crippen LogP contribution in [-0.2, 0) is 0 Å². The summed E-state index contributed by atoms with van der Waals surface area (Å²) in [6, 6.07) is 0. The second-order valence-corrected chi connectivity index (χ2v) is 5.22. The first-order chi connectivity index (χ1) is 9.56. The zero-order chi connectivity index (χ0) is 14.5. The third kappa shape index (κ3) is 3.97. The molecule has 8 nitrogen and oxygen atoms in total. The van der Waals surface area contributed by atoms with Crippen LogP contribution in [0.15, 0.2) is 0 Å². The molecule has 0 radical (unpaired) electrons. The maximum atomic E-state index is 10.8. The predicted octanol–water partition coefficient (Wildman–Crippen LogP) is -0.422. The zero-order valence-electron chi connectivity index (χ0n) is 11.6. The number of hydrogen-bond acceptors (Lipinski definition) is 4. The van der Waals surface area contributed by atoms with E-state index in [1.807, 2.05) is 0 Å². The van der Waals surface area contributed by atoms with Gasteiger partial charge in [-0.1, -0.05) is 0 Å². The maximum absolute atomic E-state index is 10.8. The summed E-state index contributed by atoms with van der Waals surface area (Å²) >= 11 is 0. The van der Waals surface area contributed by atoms with E-state index in [0.29, 0.717) is 26.2 Å². The Labute approximate surface area is 118 Å². The molecule has 2 aliphatic heterocycles. The summed E-state index contributed by atoms with van der Waals surface area (Å²) in [5.41, 5.74) is 0. The van der Waals surface area contributed by atoms with Crippen LogP contribution in [0.1, 0.15) is 0 Å². The Kier molecular flexibility index (Phi) is 5.02. The molecule has 0 unspecified atom stereocenters. The number of nitrogens with zero attached hydrogens (tertiary/aromatic N) is 4.